The van der Waals surface area contributed by atoms with Gasteiger partial charge in [0, 0.05) is 45.1 Å². The molecule has 1 aliphatic heterocycles. The van der Waals surface area contributed by atoms with Crippen LogP contribution in [0.4, 0.5) is 0 Å². The Balaban J connectivity index is 2.46. The van der Waals surface area contributed by atoms with Crippen molar-refractivity contribution in [2.45, 2.75) is 263 Å². The molecule has 1 saturated heterocycles. The molecule has 42 heteroatoms. The summed E-state index contributed by atoms with van der Waals surface area (Å²) in [6.45, 7) is 13.5. The zero-order chi connectivity index (χ0) is 87.3. The molecule has 1 aliphatic rings. The van der Waals surface area contributed by atoms with Crippen LogP contribution < -0.4 is 81.0 Å². The van der Waals surface area contributed by atoms with Crippen molar-refractivity contribution in [1.29, 1.82) is 0 Å². The maximum atomic E-state index is 14.7. The summed E-state index contributed by atoms with van der Waals surface area (Å²) in [4.78, 5) is 267. The number of nitrogens with zero attached hydrogens (tertiary/aromatic N) is 1. The molecule has 15 atom stereocenters. The lowest BCUT2D eigenvalue weighted by molar-refractivity contribution is -0.144. The van der Waals surface area contributed by atoms with Gasteiger partial charge >= 0.3 is 29.8 Å². The second-order valence-electron chi connectivity index (χ2n) is 29.5. The largest absolute Gasteiger partial charge is 0.481 e. The van der Waals surface area contributed by atoms with Crippen molar-refractivity contribution in [1.82, 2.24) is 68.7 Å². The van der Waals surface area contributed by atoms with Crippen molar-refractivity contribution >= 4 is 118 Å². The summed E-state index contributed by atoms with van der Waals surface area (Å²) < 4.78 is 0. The maximum Gasteiger partial charge on any atom is 0.326 e. The van der Waals surface area contributed by atoms with Gasteiger partial charge in [-0.3, -0.25) is 91.1 Å². The lowest BCUT2D eigenvalue weighted by atomic mass is 9.97. The van der Waals surface area contributed by atoms with Gasteiger partial charge in [-0.1, -0.05) is 92.1 Å². The number of benzene rings is 1. The molecule has 0 bridgehead atoms. The number of aliphatic hydroxyl groups is 1. The quantitative estimate of drug-likeness (QED) is 0.0291. The van der Waals surface area contributed by atoms with Gasteiger partial charge in [-0.2, -0.15) is 0 Å². The number of carboxylic acids is 5. The highest BCUT2D eigenvalue weighted by Crippen LogP contribution is 2.23. The van der Waals surface area contributed by atoms with Gasteiger partial charge in [0.2, 0.25) is 88.6 Å². The van der Waals surface area contributed by atoms with Crippen LogP contribution in [0.15, 0.2) is 30.3 Å². The lowest BCUT2D eigenvalue weighted by Gasteiger charge is -2.32. The number of hydrogen-bond acceptors (Lipinski definition) is 22. The Hall–Kier alpha value is -11.5. The molecule has 0 aliphatic carbocycles. The van der Waals surface area contributed by atoms with Gasteiger partial charge in [-0.25, -0.2) is 4.79 Å². The number of primary amides is 2. The van der Waals surface area contributed by atoms with Crippen molar-refractivity contribution < 1.29 is 127 Å². The van der Waals surface area contributed by atoms with E-state index in [9.17, 15) is 127 Å². The first-order valence-corrected chi connectivity index (χ1v) is 37.8. The van der Waals surface area contributed by atoms with E-state index in [4.69, 9.17) is 17.2 Å². The fourth-order valence-electron chi connectivity index (χ4n) is 12.0. The van der Waals surface area contributed by atoms with E-state index in [1.807, 2.05) is 0 Å². The molecule has 642 valence electrons. The van der Waals surface area contributed by atoms with Crippen molar-refractivity contribution in [2.24, 2.45) is 40.9 Å². The van der Waals surface area contributed by atoms with Gasteiger partial charge in [0.25, 0.3) is 0 Å². The first kappa shape index (κ1) is 99.6. The molecule has 0 spiro atoms. The molecule has 24 N–H and O–H groups in total. The van der Waals surface area contributed by atoms with Crippen LogP contribution in [0.25, 0.3) is 0 Å². The highest BCUT2D eigenvalue weighted by atomic mass is 16.4. The Morgan fingerprint density at radius 3 is 1.30 bits per heavy atom. The molecular formula is C73H114N16O26. The normalized spacial score (nSPS) is 16.2. The van der Waals surface area contributed by atoms with Gasteiger partial charge in [0.05, 0.1) is 25.1 Å². The van der Waals surface area contributed by atoms with E-state index in [0.29, 0.717) is 18.4 Å². The van der Waals surface area contributed by atoms with Crippen molar-refractivity contribution in [3.8, 4) is 0 Å². The standard InChI is InChI=1S/C73H114N16O26/c1-10-38(8)59(71(112)82-46(73(114)115)19-24-53(76)92)87-69(110)51-17-14-28-89(51)72(113)50(31-37(6)7)86-67(108)48(32-40-15-12-11-13-16-40)84-62(103)42(20-25-55(94)95)78-54(93)34-77-70(111)60(39(9)90)88-65(106)45(22-27-57(98)99)80-63(104)44(21-26-56(96)97)81-68(109)49(33-58(100)101)85-66(107)47(30-36(4)5)83-64(105)43(18-23-52(75)91)79-61(102)41(74)29-35(2)3/h11-13,15-16,35-39,41-51,59-60,90H,10,14,17-34,74H2,1-9H3,(H2,75,91)(H2,76,92)(H,77,111)(H,78,93)(H,79,102)(H,80,104)(H,81,109)(H,82,112)(H,83,105)(H,84,103)(H,85,107)(H,86,108)(H,87,110)(H,88,106)(H,94,95)(H,96,97)(H,98,99)(H,100,101)(H,114,115)/t38-,39+,41-,42-,43-,44-,45-,46-,47-,48-,49-,50-,51-,59-,60-/m0/s1. The molecule has 1 heterocycles. The number of likely N-dealkylation sites (tertiary alicyclic amines) is 1. The van der Waals surface area contributed by atoms with Crippen LogP contribution in [-0.2, 0) is 102 Å². The summed E-state index contributed by atoms with van der Waals surface area (Å²) in [5.41, 5.74) is 17.0. The number of hydrogen-bond donors (Lipinski definition) is 21. The molecule has 1 aromatic rings. The Kier molecular flexibility index (Phi) is 43.2. The second kappa shape index (κ2) is 49.9. The van der Waals surface area contributed by atoms with E-state index in [1.165, 1.54) is 4.90 Å². The summed E-state index contributed by atoms with van der Waals surface area (Å²) in [5.74, 6) is -25.2. The van der Waals surface area contributed by atoms with Crippen LogP contribution in [0.5, 0.6) is 0 Å². The highest BCUT2D eigenvalue weighted by Gasteiger charge is 2.43. The molecule has 0 aromatic heterocycles. The highest BCUT2D eigenvalue weighted by molar-refractivity contribution is 6.01. The Morgan fingerprint density at radius 2 is 0.835 bits per heavy atom. The first-order valence-electron chi connectivity index (χ1n) is 37.8. The Bertz CT molecular complexity index is 3600. The number of carbonyl (C=O) groups excluding carboxylic acids is 15. The minimum absolute atomic E-state index is 0.00802. The molecule has 2 rings (SSSR count). The average molecular weight is 1630 g/mol. The number of nitrogens with one attached hydrogen (secondary N) is 12. The topological polar surface area (TPSA) is 688 Å². The lowest BCUT2D eigenvalue weighted by Crippen LogP contribution is -2.61. The van der Waals surface area contributed by atoms with Crippen LogP contribution in [0, 0.1) is 23.7 Å². The van der Waals surface area contributed by atoms with Gasteiger partial charge < -0.3 is 117 Å². The van der Waals surface area contributed by atoms with E-state index in [0.717, 1.165) is 6.92 Å². The van der Waals surface area contributed by atoms with Crippen molar-refractivity contribution in [3.05, 3.63) is 35.9 Å². The molecule has 0 radical (unpaired) electrons. The summed E-state index contributed by atoms with van der Waals surface area (Å²) in [5, 5.41) is 87.5. The molecule has 1 aromatic carbocycles. The number of aliphatic carboxylic acids is 5. The summed E-state index contributed by atoms with van der Waals surface area (Å²) in [6, 6.07) is -13.3. The van der Waals surface area contributed by atoms with Crippen molar-refractivity contribution in [3.63, 3.8) is 0 Å². The molecule has 115 heavy (non-hydrogen) atoms. The molecule has 0 unspecified atom stereocenters. The number of amides is 15. The smallest absolute Gasteiger partial charge is 0.326 e. The molecular weight excluding hydrogens is 1520 g/mol. The number of rotatable bonds is 54. The van der Waals surface area contributed by atoms with E-state index in [2.05, 4.69) is 63.8 Å². The van der Waals surface area contributed by atoms with Crippen LogP contribution >= 0.6 is 0 Å². The van der Waals surface area contributed by atoms with Crippen LogP contribution in [0.1, 0.15) is 177 Å². The fourth-order valence-corrected chi connectivity index (χ4v) is 12.0. The van der Waals surface area contributed by atoms with Crippen molar-refractivity contribution in [2.75, 3.05) is 13.1 Å². The predicted molar refractivity (Wildman–Crippen MR) is 404 cm³/mol. The number of nitrogens with two attached hydrogens (primary N) is 3. The minimum Gasteiger partial charge on any atom is -0.481 e. The van der Waals surface area contributed by atoms with Crippen LogP contribution in [0.3, 0.4) is 0 Å². The summed E-state index contributed by atoms with van der Waals surface area (Å²) >= 11 is 0. The summed E-state index contributed by atoms with van der Waals surface area (Å²) in [6.07, 6.45) is -9.11. The molecule has 1 fully saturated rings. The SMILES string of the molecule is CC[C@H](C)[C@H](NC(=O)[C@@H]1CCCN1C(=O)[C@H](CC(C)C)NC(=O)[C@H](Cc1ccccc1)NC(=O)[C@H](CCC(=O)O)NC(=O)CNC(=O)[C@@H](NC(=O)[C@H](CCC(=O)O)NC(=O)[C@H](CCC(=O)O)NC(=O)[C@H](CC(=O)O)NC(=O)[C@H](CC(C)C)NC(=O)[C@H](CCC(N)=O)NC(=O)[C@@H](N)CC(C)C)[C@@H](C)O)C(=O)N[C@@H](CCC(N)=O)C(=O)O. The molecule has 42 nitrogen and oxygen atoms in total. The van der Waals surface area contributed by atoms with Gasteiger partial charge in [-0.15, -0.1) is 0 Å². The minimum atomic E-state index is -2.12. The van der Waals surface area contributed by atoms with Gasteiger partial charge in [0.15, 0.2) is 0 Å². The number of carbonyl (C=O) groups is 20. The average Bonchev–Trinajstić information content (AvgIpc) is 1.74. The number of carboxylic acid groups (broad SMARTS) is 5. The second-order valence-corrected chi connectivity index (χ2v) is 29.5. The van der Waals surface area contributed by atoms with Gasteiger partial charge in [-0.05, 0) is 100 Å². The Morgan fingerprint density at radius 1 is 0.435 bits per heavy atom. The van der Waals surface area contributed by atoms with E-state index < -0.39 is 273 Å². The third-order valence-corrected chi connectivity index (χ3v) is 18.2. The molecule has 15 amide bonds. The monoisotopic (exact) mass is 1630 g/mol. The van der Waals surface area contributed by atoms with E-state index in [1.54, 1.807) is 85.7 Å². The van der Waals surface area contributed by atoms with Crippen LogP contribution in [0.2, 0.25) is 0 Å². The third kappa shape index (κ3) is 37.4. The maximum absolute atomic E-state index is 14.7. The number of aliphatic hydroxyl groups excluding tert-OH is 1. The zero-order valence-electron chi connectivity index (χ0n) is 65.9. The van der Waals surface area contributed by atoms with E-state index in [-0.39, 0.29) is 69.7 Å². The predicted octanol–water partition coefficient (Wildman–Crippen LogP) is -4.75. The Labute approximate surface area is 663 Å². The van der Waals surface area contributed by atoms with E-state index >= 15 is 0 Å². The van der Waals surface area contributed by atoms with Crippen LogP contribution in [-0.4, -0.2) is 252 Å². The fraction of sp³-hybridized carbons (Fsp3) is 0.644. The third-order valence-electron chi connectivity index (χ3n) is 18.2. The summed E-state index contributed by atoms with van der Waals surface area (Å²) in [7, 11) is 0. The first-order chi connectivity index (χ1) is 53.7. The molecule has 0 saturated carbocycles. The zero-order valence-corrected chi connectivity index (χ0v) is 65.9. The van der Waals surface area contributed by atoms with Gasteiger partial charge in [0.1, 0.15) is 72.5 Å².